The quantitative estimate of drug-likeness (QED) is 0.400. The van der Waals surface area contributed by atoms with Gasteiger partial charge in [0, 0.05) is 21.3 Å². The van der Waals surface area contributed by atoms with Crippen LogP contribution in [-0.2, 0) is 13.3 Å². The molecule has 0 aliphatic carbocycles. The van der Waals surface area contributed by atoms with Crippen LogP contribution < -0.4 is 0 Å². The van der Waals surface area contributed by atoms with Gasteiger partial charge in [-0.1, -0.05) is 53.4 Å². The summed E-state index contributed by atoms with van der Waals surface area (Å²) in [6.07, 6.45) is 9.60. The summed E-state index contributed by atoms with van der Waals surface area (Å²) >= 11 is 0. The van der Waals surface area contributed by atoms with Crippen LogP contribution in [0.15, 0.2) is 0 Å². The Bertz CT molecular complexity index is 263. The van der Waals surface area contributed by atoms with Crippen LogP contribution in [0.1, 0.15) is 79.1 Å². The number of quaternary nitrogens is 1. The SMILES string of the molecule is CCCC[N+](CCCC)(C(CCC)CCC)[Si](OC)(OC)OC. The molecule has 0 atom stereocenters. The predicted octanol–water partition coefficient (Wildman–Crippen LogP) is 4.75. The van der Waals surface area contributed by atoms with Gasteiger partial charge in [0.2, 0.25) is 0 Å². The molecule has 0 saturated carbocycles. The van der Waals surface area contributed by atoms with E-state index in [1.807, 2.05) is 0 Å². The highest BCUT2D eigenvalue weighted by molar-refractivity contribution is 6.52. The monoisotopic (exact) mass is 348 g/mol. The molecule has 23 heavy (non-hydrogen) atoms. The van der Waals surface area contributed by atoms with E-state index in [9.17, 15) is 0 Å². The van der Waals surface area contributed by atoms with Crippen molar-refractivity contribution in [2.45, 2.75) is 85.1 Å². The predicted molar refractivity (Wildman–Crippen MR) is 100 cm³/mol. The molecule has 0 heterocycles. The molecule has 5 heteroatoms. The first kappa shape index (κ1) is 23.1. The minimum absolute atomic E-state index is 0.564. The van der Waals surface area contributed by atoms with Crippen molar-refractivity contribution in [3.8, 4) is 0 Å². The smallest absolute Gasteiger partial charge is 0.328 e. The molecule has 0 rings (SSSR count). The highest BCUT2D eigenvalue weighted by Gasteiger charge is 2.65. The van der Waals surface area contributed by atoms with Gasteiger partial charge in [-0.3, -0.25) is 0 Å². The van der Waals surface area contributed by atoms with Crippen molar-refractivity contribution in [2.75, 3.05) is 34.4 Å². The molecule has 0 aliphatic heterocycles. The molecule has 0 saturated heterocycles. The number of nitrogens with zero attached hydrogens (tertiary/aromatic N) is 1. The van der Waals surface area contributed by atoms with Crippen molar-refractivity contribution < 1.29 is 17.4 Å². The van der Waals surface area contributed by atoms with Crippen molar-refractivity contribution in [1.29, 1.82) is 0 Å². The highest BCUT2D eigenvalue weighted by atomic mass is 28.4. The van der Waals surface area contributed by atoms with Crippen LogP contribution in [0.25, 0.3) is 0 Å². The number of hydrogen-bond acceptors (Lipinski definition) is 3. The van der Waals surface area contributed by atoms with E-state index in [1.54, 1.807) is 21.3 Å². The summed E-state index contributed by atoms with van der Waals surface area (Å²) in [6.45, 7) is 11.3. The second-order valence-corrected chi connectivity index (χ2v) is 9.72. The Balaban J connectivity index is 5.97. The molecular formula is C18H42NO3Si+. The highest BCUT2D eigenvalue weighted by Crippen LogP contribution is 2.34. The largest absolute Gasteiger partial charge is 0.784 e. The van der Waals surface area contributed by atoms with E-state index in [2.05, 4.69) is 27.7 Å². The first-order valence-corrected chi connectivity index (χ1v) is 11.3. The van der Waals surface area contributed by atoms with Gasteiger partial charge in [-0.2, -0.15) is 0 Å². The first-order valence-electron chi connectivity index (χ1n) is 9.60. The van der Waals surface area contributed by atoms with Crippen LogP contribution in [0.2, 0.25) is 0 Å². The molecule has 0 N–H and O–H groups in total. The summed E-state index contributed by atoms with van der Waals surface area (Å²) in [5.41, 5.74) is 0. The molecule has 0 bridgehead atoms. The molecule has 0 aliphatic rings. The fraction of sp³-hybridized carbons (Fsp3) is 1.00. The van der Waals surface area contributed by atoms with Crippen LogP contribution >= 0.6 is 0 Å². The summed E-state index contributed by atoms with van der Waals surface area (Å²) in [7, 11) is 2.56. The van der Waals surface area contributed by atoms with Gasteiger partial charge >= 0.3 is 8.97 Å². The number of unbranched alkanes of at least 4 members (excludes halogenated alkanes) is 2. The molecular weight excluding hydrogens is 306 g/mol. The van der Waals surface area contributed by atoms with E-state index in [4.69, 9.17) is 13.3 Å². The fourth-order valence-corrected chi connectivity index (χ4v) is 7.12. The summed E-state index contributed by atoms with van der Waals surface area (Å²) in [4.78, 5) is 0. The van der Waals surface area contributed by atoms with Gasteiger partial charge in [0.1, 0.15) is 0 Å². The Morgan fingerprint density at radius 1 is 0.696 bits per heavy atom. The van der Waals surface area contributed by atoms with Gasteiger partial charge in [0.25, 0.3) is 0 Å². The van der Waals surface area contributed by atoms with Gasteiger partial charge in [0.05, 0.1) is 19.1 Å². The second-order valence-electron chi connectivity index (χ2n) is 6.56. The van der Waals surface area contributed by atoms with Crippen molar-refractivity contribution in [3.05, 3.63) is 0 Å². The Morgan fingerprint density at radius 3 is 1.35 bits per heavy atom. The number of hydrogen-bond donors (Lipinski definition) is 0. The Hall–Kier alpha value is 0.0569. The van der Waals surface area contributed by atoms with Crippen molar-refractivity contribution in [1.82, 2.24) is 0 Å². The maximum Gasteiger partial charge on any atom is 0.784 e. The third-order valence-electron chi connectivity index (χ3n) is 5.08. The third-order valence-corrected chi connectivity index (χ3v) is 8.53. The molecule has 0 amide bonds. The van der Waals surface area contributed by atoms with Crippen LogP contribution in [0.3, 0.4) is 0 Å². The normalized spacial score (nSPS) is 13.0. The molecule has 0 aromatic rings. The maximum atomic E-state index is 6.04. The van der Waals surface area contributed by atoms with E-state index in [1.165, 1.54) is 51.4 Å². The van der Waals surface area contributed by atoms with E-state index >= 15 is 0 Å². The summed E-state index contributed by atoms with van der Waals surface area (Å²) in [5, 5.41) is 0. The Kier molecular flexibility index (Phi) is 12.5. The van der Waals surface area contributed by atoms with Crippen LogP contribution in [0.5, 0.6) is 0 Å². The summed E-state index contributed by atoms with van der Waals surface area (Å²) < 4.78 is 19.0. The Morgan fingerprint density at radius 2 is 1.09 bits per heavy atom. The molecule has 0 aromatic heterocycles. The number of rotatable bonds is 15. The van der Waals surface area contributed by atoms with E-state index in [0.29, 0.717) is 6.04 Å². The molecule has 140 valence electrons. The summed E-state index contributed by atoms with van der Waals surface area (Å²) in [6, 6.07) is 0.564. The molecule has 0 radical (unpaired) electrons. The van der Waals surface area contributed by atoms with E-state index in [-0.39, 0.29) is 0 Å². The summed E-state index contributed by atoms with van der Waals surface area (Å²) in [5.74, 6) is 0. The second kappa shape index (κ2) is 12.4. The molecule has 0 unspecified atom stereocenters. The Labute approximate surface area is 146 Å². The molecule has 4 nitrogen and oxygen atoms in total. The lowest BCUT2D eigenvalue weighted by molar-refractivity contribution is -0.885. The van der Waals surface area contributed by atoms with Gasteiger partial charge in [-0.15, -0.1) is 0 Å². The topological polar surface area (TPSA) is 27.7 Å². The van der Waals surface area contributed by atoms with E-state index < -0.39 is 8.97 Å². The van der Waals surface area contributed by atoms with Crippen molar-refractivity contribution in [2.24, 2.45) is 0 Å². The van der Waals surface area contributed by atoms with Crippen LogP contribution in [0.4, 0.5) is 0 Å². The lowest BCUT2D eigenvalue weighted by Gasteiger charge is -2.51. The minimum Gasteiger partial charge on any atom is -0.328 e. The molecule has 0 spiro atoms. The zero-order chi connectivity index (χ0) is 17.8. The zero-order valence-electron chi connectivity index (χ0n) is 16.8. The third kappa shape index (κ3) is 5.53. The minimum atomic E-state index is -2.77. The van der Waals surface area contributed by atoms with Crippen molar-refractivity contribution in [3.63, 3.8) is 0 Å². The molecule has 0 aromatic carbocycles. The maximum absolute atomic E-state index is 6.04. The first-order chi connectivity index (χ1) is 11.1. The van der Waals surface area contributed by atoms with Crippen LogP contribution in [-0.4, -0.2) is 53.6 Å². The van der Waals surface area contributed by atoms with Gasteiger partial charge in [0.15, 0.2) is 0 Å². The standard InChI is InChI=1S/C18H42NO3Si/c1-8-12-16-19(17-13-9-2,18(14-10-3)15-11-4)23(20-5,21-6)22-7/h18H,8-17H2,1-7H3/q+1. The average Bonchev–Trinajstić information content (AvgIpc) is 2.58. The van der Waals surface area contributed by atoms with Gasteiger partial charge in [-0.05, 0) is 25.7 Å². The lowest BCUT2D eigenvalue weighted by Crippen LogP contribution is -2.76. The molecule has 0 fully saturated rings. The van der Waals surface area contributed by atoms with E-state index in [0.717, 1.165) is 17.2 Å². The van der Waals surface area contributed by atoms with Crippen molar-refractivity contribution >= 4 is 8.97 Å². The van der Waals surface area contributed by atoms with Crippen LogP contribution in [0, 0.1) is 0 Å². The average molecular weight is 349 g/mol. The fourth-order valence-electron chi connectivity index (χ4n) is 3.96. The van der Waals surface area contributed by atoms with Gasteiger partial charge < -0.3 is 17.4 Å². The van der Waals surface area contributed by atoms with Gasteiger partial charge in [-0.25, -0.2) is 0 Å². The lowest BCUT2D eigenvalue weighted by atomic mass is 10.0. The zero-order valence-corrected chi connectivity index (χ0v) is 17.8.